The van der Waals surface area contributed by atoms with E-state index in [9.17, 15) is 4.79 Å². The molecule has 2 aromatic rings. The number of anilines is 2. The first-order valence-electron chi connectivity index (χ1n) is 9.45. The van der Waals surface area contributed by atoms with E-state index in [4.69, 9.17) is 9.47 Å². The van der Waals surface area contributed by atoms with Crippen molar-refractivity contribution in [1.29, 1.82) is 0 Å². The molecule has 0 saturated carbocycles. The van der Waals surface area contributed by atoms with Crippen LogP contribution >= 0.6 is 0 Å². The molecule has 3 rings (SSSR count). The van der Waals surface area contributed by atoms with Crippen molar-refractivity contribution in [1.82, 2.24) is 4.98 Å². The van der Waals surface area contributed by atoms with E-state index in [0.29, 0.717) is 23.8 Å². The van der Waals surface area contributed by atoms with E-state index in [0.717, 1.165) is 44.3 Å². The van der Waals surface area contributed by atoms with E-state index in [-0.39, 0.29) is 5.91 Å². The molecular formula is C21H27N3O3. The van der Waals surface area contributed by atoms with Gasteiger partial charge in [0.25, 0.3) is 5.91 Å². The van der Waals surface area contributed by atoms with Crippen molar-refractivity contribution in [3.63, 3.8) is 0 Å². The molecule has 1 aliphatic rings. The maximum absolute atomic E-state index is 12.4. The topological polar surface area (TPSA) is 63.7 Å². The van der Waals surface area contributed by atoms with Crippen LogP contribution in [0.25, 0.3) is 0 Å². The molecule has 1 saturated heterocycles. The Morgan fingerprint density at radius 2 is 1.93 bits per heavy atom. The summed E-state index contributed by atoms with van der Waals surface area (Å²) in [5.74, 6) is 2.13. The van der Waals surface area contributed by atoms with Crippen molar-refractivity contribution in [3.05, 3.63) is 48.2 Å². The van der Waals surface area contributed by atoms with Crippen LogP contribution < -0.4 is 15.0 Å². The fourth-order valence-corrected chi connectivity index (χ4v) is 2.76. The van der Waals surface area contributed by atoms with Gasteiger partial charge in [0.2, 0.25) is 0 Å². The summed E-state index contributed by atoms with van der Waals surface area (Å²) in [6.45, 7) is 8.13. The minimum absolute atomic E-state index is 0.162. The van der Waals surface area contributed by atoms with E-state index in [1.54, 1.807) is 18.3 Å². The van der Waals surface area contributed by atoms with E-state index >= 15 is 0 Å². The number of amides is 1. The molecule has 1 aromatic heterocycles. The number of morpholine rings is 1. The third kappa shape index (κ3) is 5.69. The van der Waals surface area contributed by atoms with Crippen LogP contribution in [-0.2, 0) is 4.74 Å². The van der Waals surface area contributed by atoms with E-state index in [1.165, 1.54) is 0 Å². The van der Waals surface area contributed by atoms with Crippen LogP contribution in [-0.4, -0.2) is 43.8 Å². The summed E-state index contributed by atoms with van der Waals surface area (Å²) < 4.78 is 11.0. The maximum Gasteiger partial charge on any atom is 0.255 e. The highest BCUT2D eigenvalue weighted by Crippen LogP contribution is 2.17. The van der Waals surface area contributed by atoms with Crippen molar-refractivity contribution in [2.24, 2.45) is 5.92 Å². The van der Waals surface area contributed by atoms with Gasteiger partial charge in [-0.05, 0) is 48.7 Å². The van der Waals surface area contributed by atoms with Crippen LogP contribution in [0.1, 0.15) is 30.6 Å². The number of aromatic nitrogens is 1. The van der Waals surface area contributed by atoms with Crippen LogP contribution in [0.5, 0.6) is 5.75 Å². The van der Waals surface area contributed by atoms with Crippen molar-refractivity contribution in [2.45, 2.75) is 20.3 Å². The zero-order valence-electron chi connectivity index (χ0n) is 16.0. The Morgan fingerprint density at radius 3 is 2.56 bits per heavy atom. The molecule has 0 radical (unpaired) electrons. The Hall–Kier alpha value is -2.60. The van der Waals surface area contributed by atoms with Gasteiger partial charge < -0.3 is 19.7 Å². The van der Waals surface area contributed by atoms with Crippen LogP contribution in [0.3, 0.4) is 0 Å². The van der Waals surface area contributed by atoms with Gasteiger partial charge in [-0.2, -0.15) is 0 Å². The number of benzene rings is 1. The number of pyridine rings is 1. The van der Waals surface area contributed by atoms with E-state index in [1.807, 2.05) is 24.3 Å². The second kappa shape index (κ2) is 9.37. The van der Waals surface area contributed by atoms with Gasteiger partial charge in [-0.3, -0.25) is 4.79 Å². The first kappa shape index (κ1) is 19.2. The summed E-state index contributed by atoms with van der Waals surface area (Å²) in [4.78, 5) is 19.0. The number of ether oxygens (including phenoxy) is 2. The van der Waals surface area contributed by atoms with Crippen LogP contribution in [0.4, 0.5) is 11.5 Å². The van der Waals surface area contributed by atoms with Crippen molar-refractivity contribution >= 4 is 17.4 Å². The van der Waals surface area contributed by atoms with Gasteiger partial charge in [-0.15, -0.1) is 0 Å². The summed E-state index contributed by atoms with van der Waals surface area (Å²) in [6, 6.07) is 11.0. The second-order valence-corrected chi connectivity index (χ2v) is 7.01. The molecule has 1 N–H and O–H groups in total. The Morgan fingerprint density at radius 1 is 1.19 bits per heavy atom. The lowest BCUT2D eigenvalue weighted by atomic mass is 10.1. The molecule has 1 amide bonds. The highest BCUT2D eigenvalue weighted by Gasteiger charge is 2.12. The summed E-state index contributed by atoms with van der Waals surface area (Å²) in [5, 5.41) is 2.88. The Labute approximate surface area is 160 Å². The van der Waals surface area contributed by atoms with Gasteiger partial charge in [0.05, 0.1) is 31.7 Å². The highest BCUT2D eigenvalue weighted by atomic mass is 16.5. The molecule has 0 aliphatic carbocycles. The van der Waals surface area contributed by atoms with Crippen LogP contribution in [0.15, 0.2) is 42.6 Å². The van der Waals surface area contributed by atoms with Gasteiger partial charge in [-0.25, -0.2) is 4.98 Å². The summed E-state index contributed by atoms with van der Waals surface area (Å²) >= 11 is 0. The predicted octanol–water partition coefficient (Wildman–Crippen LogP) is 3.60. The normalized spacial score (nSPS) is 14.3. The number of carbonyl (C=O) groups excluding carboxylic acids is 1. The first-order chi connectivity index (χ1) is 13.1. The molecule has 1 aromatic carbocycles. The average molecular weight is 369 g/mol. The molecule has 0 atom stereocenters. The number of nitrogens with zero attached hydrogens (tertiary/aromatic N) is 2. The summed E-state index contributed by atoms with van der Waals surface area (Å²) in [7, 11) is 0. The van der Waals surface area contributed by atoms with Crippen molar-refractivity contribution in [2.75, 3.05) is 43.1 Å². The molecule has 1 fully saturated rings. The van der Waals surface area contributed by atoms with Crippen molar-refractivity contribution in [3.8, 4) is 5.75 Å². The molecule has 0 spiro atoms. The largest absolute Gasteiger partial charge is 0.494 e. The molecular weight excluding hydrogens is 342 g/mol. The van der Waals surface area contributed by atoms with Gasteiger partial charge in [-0.1, -0.05) is 13.8 Å². The summed E-state index contributed by atoms with van der Waals surface area (Å²) in [5.41, 5.74) is 1.26. The molecule has 0 bridgehead atoms. The maximum atomic E-state index is 12.4. The van der Waals surface area contributed by atoms with Crippen LogP contribution in [0, 0.1) is 5.92 Å². The SMILES string of the molecule is CC(C)CCOc1ccc(C(=O)Nc2ccc(N3CCOCC3)nc2)cc1. The van der Waals surface area contributed by atoms with E-state index < -0.39 is 0 Å². The molecule has 2 heterocycles. The number of hydrogen-bond donors (Lipinski definition) is 1. The summed E-state index contributed by atoms with van der Waals surface area (Å²) in [6.07, 6.45) is 2.70. The Bertz CT molecular complexity index is 723. The number of carbonyl (C=O) groups is 1. The lowest BCUT2D eigenvalue weighted by Crippen LogP contribution is -2.36. The molecule has 27 heavy (non-hydrogen) atoms. The van der Waals surface area contributed by atoms with Crippen LogP contribution in [0.2, 0.25) is 0 Å². The van der Waals surface area contributed by atoms with Gasteiger partial charge in [0, 0.05) is 18.7 Å². The van der Waals surface area contributed by atoms with Crippen molar-refractivity contribution < 1.29 is 14.3 Å². The number of hydrogen-bond acceptors (Lipinski definition) is 5. The Balaban J connectivity index is 1.53. The number of nitrogens with one attached hydrogen (secondary N) is 1. The standard InChI is InChI=1S/C21H27N3O3/c1-16(2)9-12-27-19-6-3-17(4-7-19)21(25)23-18-5-8-20(22-15-18)24-10-13-26-14-11-24/h3-8,15-16H,9-14H2,1-2H3,(H,23,25). The zero-order valence-corrected chi connectivity index (χ0v) is 16.0. The highest BCUT2D eigenvalue weighted by molar-refractivity contribution is 6.04. The van der Waals surface area contributed by atoms with Gasteiger partial charge in [0.1, 0.15) is 11.6 Å². The first-order valence-corrected chi connectivity index (χ1v) is 9.45. The smallest absolute Gasteiger partial charge is 0.255 e. The molecule has 6 heteroatoms. The minimum Gasteiger partial charge on any atom is -0.494 e. The monoisotopic (exact) mass is 369 g/mol. The molecule has 144 valence electrons. The predicted molar refractivity (Wildman–Crippen MR) is 107 cm³/mol. The molecule has 0 unspecified atom stereocenters. The second-order valence-electron chi connectivity index (χ2n) is 7.01. The van der Waals surface area contributed by atoms with E-state index in [2.05, 4.69) is 29.0 Å². The third-order valence-corrected chi connectivity index (χ3v) is 4.42. The fraction of sp³-hybridized carbons (Fsp3) is 0.429. The van der Waals surface area contributed by atoms with Gasteiger partial charge >= 0.3 is 0 Å². The zero-order chi connectivity index (χ0) is 19.1. The van der Waals surface area contributed by atoms with Gasteiger partial charge in [0.15, 0.2) is 0 Å². The Kier molecular flexibility index (Phi) is 6.65. The fourth-order valence-electron chi connectivity index (χ4n) is 2.76. The lowest BCUT2D eigenvalue weighted by molar-refractivity contribution is 0.102. The minimum atomic E-state index is -0.162. The number of rotatable bonds is 7. The molecule has 1 aliphatic heterocycles. The quantitative estimate of drug-likeness (QED) is 0.808. The molecule has 6 nitrogen and oxygen atoms in total. The lowest BCUT2D eigenvalue weighted by Gasteiger charge is -2.27. The average Bonchev–Trinajstić information content (AvgIpc) is 2.69. The third-order valence-electron chi connectivity index (χ3n) is 4.42.